The van der Waals surface area contributed by atoms with Crippen LogP contribution in [0, 0.1) is 12.7 Å². The molecule has 2 heterocycles. The largest absolute Gasteiger partial charge is 0.324 e. The van der Waals surface area contributed by atoms with Crippen molar-refractivity contribution in [3.05, 3.63) is 75.0 Å². The Morgan fingerprint density at radius 1 is 1.17 bits per heavy atom. The summed E-state index contributed by atoms with van der Waals surface area (Å²) in [5.41, 5.74) is 2.45. The Morgan fingerprint density at radius 2 is 1.97 bits per heavy atom. The molecule has 0 bridgehead atoms. The molecular weight excluding hydrogens is 395 g/mol. The SMILES string of the molecule is CCc1nn(CC(=O)Nc2ccc(F)c(Cl)c2)c(=O)c2cc3cc(C)ccc3n12. The zero-order valence-electron chi connectivity index (χ0n) is 15.9. The summed E-state index contributed by atoms with van der Waals surface area (Å²) in [6.07, 6.45) is 0.587. The number of hydrogen-bond donors (Lipinski definition) is 1. The lowest BCUT2D eigenvalue weighted by Gasteiger charge is -2.11. The third-order valence-electron chi connectivity index (χ3n) is 4.72. The molecule has 0 unspecified atom stereocenters. The molecule has 0 atom stereocenters. The molecule has 29 heavy (non-hydrogen) atoms. The van der Waals surface area contributed by atoms with Gasteiger partial charge in [0.05, 0.1) is 10.5 Å². The van der Waals surface area contributed by atoms with Crippen molar-refractivity contribution in [2.45, 2.75) is 26.8 Å². The van der Waals surface area contributed by atoms with Crippen LogP contribution in [0.15, 0.2) is 47.3 Å². The molecule has 4 aromatic rings. The molecule has 4 rings (SSSR count). The number of hydrogen-bond acceptors (Lipinski definition) is 3. The number of carbonyl (C=O) groups is 1. The molecule has 0 aliphatic heterocycles. The van der Waals surface area contributed by atoms with Crippen molar-refractivity contribution < 1.29 is 9.18 Å². The van der Waals surface area contributed by atoms with Crippen molar-refractivity contribution in [2.75, 3.05) is 5.32 Å². The van der Waals surface area contributed by atoms with Crippen molar-refractivity contribution in [3.63, 3.8) is 0 Å². The maximum atomic E-state index is 13.3. The summed E-state index contributed by atoms with van der Waals surface area (Å²) < 4.78 is 16.3. The van der Waals surface area contributed by atoms with Crippen LogP contribution in [0.5, 0.6) is 0 Å². The number of nitrogens with one attached hydrogen (secondary N) is 1. The van der Waals surface area contributed by atoms with E-state index in [0.717, 1.165) is 27.2 Å². The first kappa shape index (κ1) is 19.1. The van der Waals surface area contributed by atoms with E-state index in [1.807, 2.05) is 42.5 Å². The number of fused-ring (bicyclic) bond motifs is 3. The summed E-state index contributed by atoms with van der Waals surface area (Å²) in [4.78, 5) is 25.4. The van der Waals surface area contributed by atoms with E-state index in [1.54, 1.807) is 0 Å². The predicted molar refractivity (Wildman–Crippen MR) is 111 cm³/mol. The summed E-state index contributed by atoms with van der Waals surface area (Å²) in [6.45, 7) is 3.67. The van der Waals surface area contributed by atoms with E-state index in [9.17, 15) is 14.0 Å². The van der Waals surface area contributed by atoms with Crippen LogP contribution in [0.2, 0.25) is 5.02 Å². The molecule has 1 N–H and O–H groups in total. The second-order valence-corrected chi connectivity index (χ2v) is 7.24. The van der Waals surface area contributed by atoms with Crippen molar-refractivity contribution in [1.29, 1.82) is 0 Å². The Balaban J connectivity index is 1.72. The molecule has 0 saturated heterocycles. The first-order chi connectivity index (χ1) is 13.9. The Kier molecular flexibility index (Phi) is 4.84. The highest BCUT2D eigenvalue weighted by Gasteiger charge is 2.15. The molecule has 0 radical (unpaired) electrons. The highest BCUT2D eigenvalue weighted by Crippen LogP contribution is 2.21. The summed E-state index contributed by atoms with van der Waals surface area (Å²) in [5.74, 6) is -0.354. The molecule has 148 valence electrons. The van der Waals surface area contributed by atoms with Crippen molar-refractivity contribution >= 4 is 39.6 Å². The van der Waals surface area contributed by atoms with Gasteiger partial charge in [-0.1, -0.05) is 30.2 Å². The molecule has 0 fully saturated rings. The fourth-order valence-corrected chi connectivity index (χ4v) is 3.56. The fraction of sp³-hybridized carbons (Fsp3) is 0.190. The van der Waals surface area contributed by atoms with E-state index in [2.05, 4.69) is 10.4 Å². The van der Waals surface area contributed by atoms with Crippen LogP contribution in [0.4, 0.5) is 10.1 Å². The lowest BCUT2D eigenvalue weighted by atomic mass is 10.2. The van der Waals surface area contributed by atoms with E-state index < -0.39 is 11.7 Å². The first-order valence-electron chi connectivity index (χ1n) is 9.14. The highest BCUT2D eigenvalue weighted by molar-refractivity contribution is 6.31. The molecule has 0 aliphatic carbocycles. The number of anilines is 1. The molecule has 2 aromatic carbocycles. The summed E-state index contributed by atoms with van der Waals surface area (Å²) >= 11 is 5.74. The van der Waals surface area contributed by atoms with Gasteiger partial charge in [-0.15, -0.1) is 0 Å². The van der Waals surface area contributed by atoms with Crippen LogP contribution in [0.1, 0.15) is 18.3 Å². The number of rotatable bonds is 4. The van der Waals surface area contributed by atoms with E-state index in [0.29, 0.717) is 23.4 Å². The van der Waals surface area contributed by atoms with Crippen molar-refractivity contribution in [3.8, 4) is 0 Å². The summed E-state index contributed by atoms with van der Waals surface area (Å²) in [5, 5.41) is 7.86. The van der Waals surface area contributed by atoms with Crippen LogP contribution in [-0.2, 0) is 17.8 Å². The standard InChI is InChI=1S/C21H18ClFN4O2/c1-3-19-25-26(11-20(28)24-14-5-6-16(23)15(22)10-14)21(29)18-9-13-8-12(2)4-7-17(13)27(18)19/h4-10H,3,11H2,1-2H3,(H,24,28). The van der Waals surface area contributed by atoms with Crippen LogP contribution in [-0.4, -0.2) is 20.1 Å². The first-order valence-corrected chi connectivity index (χ1v) is 9.52. The van der Waals surface area contributed by atoms with E-state index >= 15 is 0 Å². The smallest absolute Gasteiger partial charge is 0.291 e. The topological polar surface area (TPSA) is 68.4 Å². The maximum absolute atomic E-state index is 13.3. The molecule has 8 heteroatoms. The Hall–Kier alpha value is -3.19. The minimum atomic E-state index is -0.573. The second-order valence-electron chi connectivity index (χ2n) is 6.84. The third-order valence-corrected chi connectivity index (χ3v) is 5.01. The van der Waals surface area contributed by atoms with Crippen LogP contribution < -0.4 is 10.9 Å². The van der Waals surface area contributed by atoms with Gasteiger partial charge in [0.25, 0.3) is 5.56 Å². The third kappa shape index (κ3) is 3.49. The number of halogens is 2. The Bertz CT molecular complexity index is 1330. The fourth-order valence-electron chi connectivity index (χ4n) is 3.38. The van der Waals surface area contributed by atoms with Gasteiger partial charge in [-0.2, -0.15) is 5.10 Å². The number of amides is 1. The quantitative estimate of drug-likeness (QED) is 0.551. The number of nitrogens with zero attached hydrogens (tertiary/aromatic N) is 3. The van der Waals surface area contributed by atoms with Crippen LogP contribution in [0.25, 0.3) is 16.4 Å². The normalized spacial score (nSPS) is 11.3. The Morgan fingerprint density at radius 3 is 2.69 bits per heavy atom. The van der Waals surface area contributed by atoms with Gasteiger partial charge in [-0.3, -0.25) is 14.0 Å². The van der Waals surface area contributed by atoms with Crippen LogP contribution >= 0.6 is 11.6 Å². The van der Waals surface area contributed by atoms with E-state index in [4.69, 9.17) is 11.6 Å². The average Bonchev–Trinajstić information content (AvgIpc) is 3.06. The van der Waals surface area contributed by atoms with Gasteiger partial charge in [0.15, 0.2) is 0 Å². The van der Waals surface area contributed by atoms with Gasteiger partial charge in [0.2, 0.25) is 5.91 Å². The monoisotopic (exact) mass is 412 g/mol. The zero-order valence-corrected chi connectivity index (χ0v) is 16.6. The van der Waals surface area contributed by atoms with E-state index in [-0.39, 0.29) is 17.1 Å². The van der Waals surface area contributed by atoms with Crippen LogP contribution in [0.3, 0.4) is 0 Å². The number of carbonyl (C=O) groups excluding carboxylic acids is 1. The summed E-state index contributed by atoms with van der Waals surface area (Å²) in [6, 6.07) is 11.7. The molecular formula is C21H18ClFN4O2. The molecule has 0 spiro atoms. The maximum Gasteiger partial charge on any atom is 0.291 e. The summed E-state index contributed by atoms with van der Waals surface area (Å²) in [7, 11) is 0. The minimum Gasteiger partial charge on any atom is -0.324 e. The predicted octanol–water partition coefficient (Wildman–Crippen LogP) is 3.95. The van der Waals surface area contributed by atoms with Crippen molar-refractivity contribution in [1.82, 2.24) is 14.2 Å². The highest BCUT2D eigenvalue weighted by atomic mass is 35.5. The number of benzene rings is 2. The molecule has 0 aliphatic rings. The second kappa shape index (κ2) is 7.33. The van der Waals surface area contributed by atoms with Gasteiger partial charge >= 0.3 is 0 Å². The van der Waals surface area contributed by atoms with Gasteiger partial charge in [-0.25, -0.2) is 9.07 Å². The van der Waals surface area contributed by atoms with E-state index in [1.165, 1.54) is 12.1 Å². The van der Waals surface area contributed by atoms with Gasteiger partial charge < -0.3 is 5.32 Å². The minimum absolute atomic E-state index is 0.0945. The lowest BCUT2D eigenvalue weighted by Crippen LogP contribution is -2.32. The van der Waals surface area contributed by atoms with Gasteiger partial charge in [0.1, 0.15) is 23.7 Å². The van der Waals surface area contributed by atoms with Crippen molar-refractivity contribution in [2.24, 2.45) is 0 Å². The average molecular weight is 413 g/mol. The Labute approximate surface area is 170 Å². The van der Waals surface area contributed by atoms with Gasteiger partial charge in [0, 0.05) is 17.5 Å². The molecule has 2 aromatic heterocycles. The lowest BCUT2D eigenvalue weighted by molar-refractivity contribution is -0.117. The van der Waals surface area contributed by atoms with Gasteiger partial charge in [-0.05, 0) is 43.3 Å². The molecule has 1 amide bonds. The molecule has 0 saturated carbocycles. The molecule has 6 nitrogen and oxygen atoms in total. The zero-order chi connectivity index (χ0) is 20.7. The number of aromatic nitrogens is 3. The number of aryl methyl sites for hydroxylation is 2.